The number of anilines is 1. The van der Waals surface area contributed by atoms with Crippen LogP contribution in [0.5, 0.6) is 0 Å². The summed E-state index contributed by atoms with van der Waals surface area (Å²) in [6.45, 7) is 6.52. The number of hydrogen-bond donors (Lipinski definition) is 2. The number of rotatable bonds is 6. The maximum Gasteiger partial charge on any atom is 0.248 e. The van der Waals surface area contributed by atoms with Crippen LogP contribution in [0.1, 0.15) is 20.8 Å². The quantitative estimate of drug-likeness (QED) is 0.835. The monoisotopic (exact) mass is 288 g/mol. The van der Waals surface area contributed by atoms with Crippen LogP contribution in [-0.4, -0.2) is 38.7 Å². The Balaban J connectivity index is 2.04. The molecule has 112 valence electrons. The fraction of sp³-hybridized carbons (Fsp3) is 0.429. The van der Waals surface area contributed by atoms with Gasteiger partial charge in [-0.3, -0.25) is 4.79 Å². The SMILES string of the molecule is CC(C)CNC(=O)C(C)Nc1nnnn1-c1ccccc1. The van der Waals surface area contributed by atoms with Crippen molar-refractivity contribution in [2.75, 3.05) is 11.9 Å². The molecule has 1 amide bonds. The van der Waals surface area contributed by atoms with Gasteiger partial charge in [0.2, 0.25) is 11.9 Å². The standard InChI is InChI=1S/C14H20N6O/c1-10(2)9-15-13(21)11(3)16-14-17-18-19-20(14)12-7-5-4-6-8-12/h4-8,10-11H,9H2,1-3H3,(H,15,21)(H,16,17,19). The Morgan fingerprint density at radius 1 is 1.24 bits per heavy atom. The largest absolute Gasteiger partial charge is 0.354 e. The smallest absolute Gasteiger partial charge is 0.248 e. The fourth-order valence-corrected chi connectivity index (χ4v) is 1.74. The van der Waals surface area contributed by atoms with E-state index in [0.717, 1.165) is 5.69 Å². The Morgan fingerprint density at radius 2 is 1.95 bits per heavy atom. The molecular formula is C14H20N6O. The molecule has 2 N–H and O–H groups in total. The maximum atomic E-state index is 12.0. The van der Waals surface area contributed by atoms with Crippen molar-refractivity contribution in [3.8, 4) is 5.69 Å². The molecule has 0 saturated carbocycles. The van der Waals surface area contributed by atoms with Crippen molar-refractivity contribution in [3.05, 3.63) is 30.3 Å². The van der Waals surface area contributed by atoms with Gasteiger partial charge in [0.05, 0.1) is 5.69 Å². The highest BCUT2D eigenvalue weighted by Gasteiger charge is 2.16. The second-order valence-electron chi connectivity index (χ2n) is 5.25. The molecule has 7 nitrogen and oxygen atoms in total. The van der Waals surface area contributed by atoms with Gasteiger partial charge in [-0.15, -0.1) is 0 Å². The van der Waals surface area contributed by atoms with Gasteiger partial charge in [0.25, 0.3) is 0 Å². The first kappa shape index (κ1) is 15.0. The van der Waals surface area contributed by atoms with Crippen LogP contribution in [0, 0.1) is 5.92 Å². The lowest BCUT2D eigenvalue weighted by Gasteiger charge is -2.15. The third kappa shape index (κ3) is 4.01. The Bertz CT molecular complexity index is 580. The average molecular weight is 288 g/mol. The van der Waals surface area contributed by atoms with Crippen molar-refractivity contribution in [2.45, 2.75) is 26.8 Å². The summed E-state index contributed by atoms with van der Waals surface area (Å²) in [5, 5.41) is 17.4. The van der Waals surface area contributed by atoms with Crippen LogP contribution in [0.3, 0.4) is 0 Å². The van der Waals surface area contributed by atoms with Gasteiger partial charge in [-0.05, 0) is 35.4 Å². The molecule has 1 aromatic heterocycles. The van der Waals surface area contributed by atoms with Crippen LogP contribution < -0.4 is 10.6 Å². The lowest BCUT2D eigenvalue weighted by molar-refractivity contribution is -0.121. The van der Waals surface area contributed by atoms with Gasteiger partial charge in [0.15, 0.2) is 0 Å². The highest BCUT2D eigenvalue weighted by Crippen LogP contribution is 2.11. The molecule has 0 bridgehead atoms. The zero-order chi connectivity index (χ0) is 15.2. The van der Waals surface area contributed by atoms with Crippen LogP contribution in [0.4, 0.5) is 5.95 Å². The number of tetrazole rings is 1. The lowest BCUT2D eigenvalue weighted by atomic mass is 10.2. The van der Waals surface area contributed by atoms with E-state index in [1.165, 1.54) is 0 Å². The van der Waals surface area contributed by atoms with Crippen molar-refractivity contribution >= 4 is 11.9 Å². The van der Waals surface area contributed by atoms with E-state index in [4.69, 9.17) is 0 Å². The zero-order valence-corrected chi connectivity index (χ0v) is 12.4. The molecule has 1 unspecified atom stereocenters. The van der Waals surface area contributed by atoms with Crippen LogP contribution in [0.15, 0.2) is 30.3 Å². The molecule has 2 rings (SSSR count). The Hall–Kier alpha value is -2.44. The summed E-state index contributed by atoms with van der Waals surface area (Å²) in [4.78, 5) is 12.0. The molecule has 7 heteroatoms. The van der Waals surface area contributed by atoms with Gasteiger partial charge in [0.1, 0.15) is 6.04 Å². The van der Waals surface area contributed by atoms with Crippen LogP contribution in [-0.2, 0) is 4.79 Å². The molecule has 0 radical (unpaired) electrons. The Morgan fingerprint density at radius 3 is 2.62 bits per heavy atom. The molecule has 0 fully saturated rings. The molecule has 0 aliphatic heterocycles. The minimum absolute atomic E-state index is 0.0775. The molecule has 0 aliphatic rings. The summed E-state index contributed by atoms with van der Waals surface area (Å²) in [5.41, 5.74) is 0.833. The summed E-state index contributed by atoms with van der Waals surface area (Å²) in [6.07, 6.45) is 0. The number of amides is 1. The first-order valence-corrected chi connectivity index (χ1v) is 6.96. The summed E-state index contributed by atoms with van der Waals surface area (Å²) in [7, 11) is 0. The van der Waals surface area contributed by atoms with Gasteiger partial charge >= 0.3 is 0 Å². The molecule has 1 aromatic carbocycles. The van der Waals surface area contributed by atoms with Crippen LogP contribution in [0.25, 0.3) is 5.69 Å². The van der Waals surface area contributed by atoms with Gasteiger partial charge in [-0.2, -0.15) is 4.68 Å². The van der Waals surface area contributed by atoms with Crippen molar-refractivity contribution in [1.82, 2.24) is 25.5 Å². The van der Waals surface area contributed by atoms with Gasteiger partial charge < -0.3 is 10.6 Å². The first-order valence-electron chi connectivity index (χ1n) is 6.96. The number of benzene rings is 1. The first-order chi connectivity index (χ1) is 10.1. The number of nitrogens with zero attached hydrogens (tertiary/aromatic N) is 4. The second kappa shape index (κ2) is 6.83. The van der Waals surface area contributed by atoms with Gasteiger partial charge in [0, 0.05) is 6.54 Å². The summed E-state index contributed by atoms with van der Waals surface area (Å²) in [6, 6.07) is 9.09. The number of carbonyl (C=O) groups excluding carboxylic acids is 1. The minimum Gasteiger partial charge on any atom is -0.354 e. The summed E-state index contributed by atoms with van der Waals surface area (Å²) < 4.78 is 1.56. The van der Waals surface area contributed by atoms with Crippen LogP contribution in [0.2, 0.25) is 0 Å². The molecular weight excluding hydrogens is 268 g/mol. The average Bonchev–Trinajstić information content (AvgIpc) is 2.93. The van der Waals surface area contributed by atoms with E-state index in [1.807, 2.05) is 44.2 Å². The van der Waals surface area contributed by atoms with Crippen molar-refractivity contribution in [2.24, 2.45) is 5.92 Å². The number of aromatic nitrogens is 4. The van der Waals surface area contributed by atoms with Crippen molar-refractivity contribution in [3.63, 3.8) is 0 Å². The highest BCUT2D eigenvalue weighted by atomic mass is 16.2. The second-order valence-corrected chi connectivity index (χ2v) is 5.25. The molecule has 0 aliphatic carbocycles. The molecule has 0 spiro atoms. The number of nitrogens with one attached hydrogen (secondary N) is 2. The number of carbonyl (C=O) groups is 1. The normalized spacial score (nSPS) is 12.2. The zero-order valence-electron chi connectivity index (χ0n) is 12.4. The summed E-state index contributed by atoms with van der Waals surface area (Å²) >= 11 is 0. The van der Waals surface area contributed by atoms with E-state index < -0.39 is 6.04 Å². The highest BCUT2D eigenvalue weighted by molar-refractivity contribution is 5.83. The topological polar surface area (TPSA) is 84.7 Å². The minimum atomic E-state index is -0.419. The third-order valence-electron chi connectivity index (χ3n) is 2.89. The molecule has 21 heavy (non-hydrogen) atoms. The molecule has 1 atom stereocenters. The molecule has 2 aromatic rings. The Labute approximate surface area is 123 Å². The van der Waals surface area contributed by atoms with Crippen molar-refractivity contribution in [1.29, 1.82) is 0 Å². The third-order valence-corrected chi connectivity index (χ3v) is 2.89. The van der Waals surface area contributed by atoms with E-state index in [1.54, 1.807) is 11.6 Å². The summed E-state index contributed by atoms with van der Waals surface area (Å²) in [5.74, 6) is 0.774. The Kier molecular flexibility index (Phi) is 4.86. The van der Waals surface area contributed by atoms with E-state index >= 15 is 0 Å². The predicted molar refractivity (Wildman–Crippen MR) is 80.1 cm³/mol. The van der Waals surface area contributed by atoms with Gasteiger partial charge in [-0.25, -0.2) is 0 Å². The van der Waals surface area contributed by atoms with E-state index in [-0.39, 0.29) is 5.91 Å². The van der Waals surface area contributed by atoms with Crippen molar-refractivity contribution < 1.29 is 4.79 Å². The number of para-hydroxylation sites is 1. The van der Waals surface area contributed by atoms with E-state index in [9.17, 15) is 4.79 Å². The molecule has 1 heterocycles. The van der Waals surface area contributed by atoms with E-state index in [0.29, 0.717) is 18.4 Å². The fourth-order valence-electron chi connectivity index (χ4n) is 1.74. The maximum absolute atomic E-state index is 12.0. The lowest BCUT2D eigenvalue weighted by Crippen LogP contribution is -2.39. The van der Waals surface area contributed by atoms with E-state index in [2.05, 4.69) is 26.2 Å². The number of hydrogen-bond acceptors (Lipinski definition) is 5. The van der Waals surface area contributed by atoms with Crippen LogP contribution >= 0.6 is 0 Å². The molecule has 0 saturated heterocycles. The van der Waals surface area contributed by atoms with Gasteiger partial charge in [-0.1, -0.05) is 37.1 Å². The predicted octanol–water partition coefficient (Wildman–Crippen LogP) is 1.23.